The lowest BCUT2D eigenvalue weighted by Gasteiger charge is -2.05. The van der Waals surface area contributed by atoms with Crippen LogP contribution in [-0.4, -0.2) is 18.0 Å². The lowest BCUT2D eigenvalue weighted by atomic mass is 10.1. The number of carbonyl (C=O) groups is 1. The van der Waals surface area contributed by atoms with Gasteiger partial charge in [-0.25, -0.2) is 9.37 Å². The molecule has 6 heteroatoms. The maximum absolute atomic E-state index is 12.9. The average molecular weight is 356 g/mol. The van der Waals surface area contributed by atoms with Crippen molar-refractivity contribution in [2.75, 3.05) is 12.4 Å². The molecule has 0 fully saturated rings. The predicted molar refractivity (Wildman–Crippen MR) is 97.6 cm³/mol. The monoisotopic (exact) mass is 356 g/mol. The number of thiazole rings is 1. The molecule has 0 aliphatic carbocycles. The maximum atomic E-state index is 12.9. The van der Waals surface area contributed by atoms with Crippen molar-refractivity contribution in [2.45, 2.75) is 13.3 Å². The SMILES string of the molecule is COc1ccc(-c2csc(NC(=O)Cc3ccc(F)cc3)n2)cc1C. The summed E-state index contributed by atoms with van der Waals surface area (Å²) in [5.74, 6) is 0.328. The van der Waals surface area contributed by atoms with Crippen LogP contribution in [0.2, 0.25) is 0 Å². The number of amides is 1. The molecule has 0 bridgehead atoms. The van der Waals surface area contributed by atoms with E-state index in [2.05, 4.69) is 10.3 Å². The van der Waals surface area contributed by atoms with Gasteiger partial charge in [-0.1, -0.05) is 12.1 Å². The van der Waals surface area contributed by atoms with E-state index >= 15 is 0 Å². The first kappa shape index (κ1) is 17.1. The molecule has 3 rings (SSSR count). The molecule has 1 aromatic heterocycles. The molecule has 4 nitrogen and oxygen atoms in total. The number of hydrogen-bond donors (Lipinski definition) is 1. The second-order valence-corrected chi connectivity index (χ2v) is 6.43. The van der Waals surface area contributed by atoms with Gasteiger partial charge in [0.1, 0.15) is 11.6 Å². The standard InChI is InChI=1S/C19H17FN2O2S/c1-12-9-14(5-8-17(12)24-2)16-11-25-19(21-16)22-18(23)10-13-3-6-15(20)7-4-13/h3-9,11H,10H2,1-2H3,(H,21,22,23). The Bertz CT molecular complexity index is 891. The molecule has 0 unspecified atom stereocenters. The fourth-order valence-corrected chi connectivity index (χ4v) is 3.19. The van der Waals surface area contributed by atoms with E-state index in [0.717, 1.165) is 28.1 Å². The Morgan fingerprint density at radius 3 is 2.68 bits per heavy atom. The summed E-state index contributed by atoms with van der Waals surface area (Å²) in [6, 6.07) is 11.7. The van der Waals surface area contributed by atoms with E-state index in [1.54, 1.807) is 19.2 Å². The van der Waals surface area contributed by atoms with Crippen LogP contribution in [-0.2, 0) is 11.2 Å². The van der Waals surface area contributed by atoms with E-state index < -0.39 is 0 Å². The molecule has 0 saturated heterocycles. The van der Waals surface area contributed by atoms with Crippen LogP contribution in [0.1, 0.15) is 11.1 Å². The first-order valence-electron chi connectivity index (χ1n) is 7.70. The number of carbonyl (C=O) groups excluding carboxylic acids is 1. The van der Waals surface area contributed by atoms with E-state index in [1.807, 2.05) is 30.5 Å². The van der Waals surface area contributed by atoms with Crippen molar-refractivity contribution in [2.24, 2.45) is 0 Å². The normalized spacial score (nSPS) is 10.5. The van der Waals surface area contributed by atoms with Gasteiger partial charge in [-0.05, 0) is 48.4 Å². The van der Waals surface area contributed by atoms with E-state index in [1.165, 1.54) is 23.5 Å². The summed E-state index contributed by atoms with van der Waals surface area (Å²) in [5.41, 5.74) is 3.54. The summed E-state index contributed by atoms with van der Waals surface area (Å²) in [7, 11) is 1.64. The first-order valence-corrected chi connectivity index (χ1v) is 8.58. The minimum atomic E-state index is -0.316. The van der Waals surface area contributed by atoms with Gasteiger partial charge in [0.05, 0.1) is 19.2 Å². The number of nitrogens with zero attached hydrogens (tertiary/aromatic N) is 1. The smallest absolute Gasteiger partial charge is 0.230 e. The molecule has 0 saturated carbocycles. The maximum Gasteiger partial charge on any atom is 0.230 e. The number of benzene rings is 2. The number of methoxy groups -OCH3 is 1. The Morgan fingerprint density at radius 1 is 1.24 bits per heavy atom. The molecule has 1 heterocycles. The summed E-state index contributed by atoms with van der Waals surface area (Å²) < 4.78 is 18.2. The van der Waals surface area contributed by atoms with Crippen LogP contribution in [0.15, 0.2) is 47.8 Å². The Kier molecular flexibility index (Phi) is 5.09. The quantitative estimate of drug-likeness (QED) is 0.735. The van der Waals surface area contributed by atoms with Crippen LogP contribution in [0.3, 0.4) is 0 Å². The van der Waals surface area contributed by atoms with E-state index in [9.17, 15) is 9.18 Å². The Morgan fingerprint density at radius 2 is 2.00 bits per heavy atom. The molecule has 0 radical (unpaired) electrons. The van der Waals surface area contributed by atoms with Crippen molar-refractivity contribution >= 4 is 22.4 Å². The number of rotatable bonds is 5. The molecule has 2 aromatic carbocycles. The molecule has 0 spiro atoms. The third-order valence-electron chi connectivity index (χ3n) is 3.72. The van der Waals surface area contributed by atoms with Crippen LogP contribution in [0.5, 0.6) is 5.75 Å². The first-order chi connectivity index (χ1) is 12.0. The minimum Gasteiger partial charge on any atom is -0.496 e. The number of aryl methyl sites for hydroxylation is 1. The van der Waals surface area contributed by atoms with E-state index in [4.69, 9.17) is 4.74 Å². The average Bonchev–Trinajstić information content (AvgIpc) is 3.05. The topological polar surface area (TPSA) is 51.2 Å². The van der Waals surface area contributed by atoms with Gasteiger partial charge in [-0.2, -0.15) is 0 Å². The highest BCUT2D eigenvalue weighted by molar-refractivity contribution is 7.14. The summed E-state index contributed by atoms with van der Waals surface area (Å²) in [6.45, 7) is 1.97. The van der Waals surface area contributed by atoms with Crippen molar-refractivity contribution in [3.63, 3.8) is 0 Å². The Balaban J connectivity index is 1.68. The zero-order chi connectivity index (χ0) is 17.8. The highest BCUT2D eigenvalue weighted by Gasteiger charge is 2.10. The molecular weight excluding hydrogens is 339 g/mol. The van der Waals surface area contributed by atoms with Crippen molar-refractivity contribution in [1.29, 1.82) is 0 Å². The second-order valence-electron chi connectivity index (χ2n) is 5.57. The van der Waals surface area contributed by atoms with Crippen LogP contribution in [0.4, 0.5) is 9.52 Å². The van der Waals surface area contributed by atoms with Crippen molar-refractivity contribution in [3.8, 4) is 17.0 Å². The van der Waals surface area contributed by atoms with Gasteiger partial charge in [0.2, 0.25) is 5.91 Å². The highest BCUT2D eigenvalue weighted by atomic mass is 32.1. The Labute approximate surface area is 149 Å². The fourth-order valence-electron chi connectivity index (χ4n) is 2.45. The number of halogens is 1. The largest absolute Gasteiger partial charge is 0.496 e. The van der Waals surface area contributed by atoms with Crippen LogP contribution >= 0.6 is 11.3 Å². The Hall–Kier alpha value is -2.73. The lowest BCUT2D eigenvalue weighted by molar-refractivity contribution is -0.115. The fraction of sp³-hybridized carbons (Fsp3) is 0.158. The van der Waals surface area contributed by atoms with E-state index in [0.29, 0.717) is 5.13 Å². The van der Waals surface area contributed by atoms with Gasteiger partial charge in [0, 0.05) is 10.9 Å². The third kappa shape index (κ3) is 4.22. The van der Waals surface area contributed by atoms with Crippen molar-refractivity contribution in [1.82, 2.24) is 4.98 Å². The summed E-state index contributed by atoms with van der Waals surface area (Å²) in [6.07, 6.45) is 0.177. The van der Waals surface area contributed by atoms with E-state index in [-0.39, 0.29) is 18.1 Å². The van der Waals surface area contributed by atoms with Gasteiger partial charge < -0.3 is 10.1 Å². The van der Waals surface area contributed by atoms with Gasteiger partial charge in [-0.15, -0.1) is 11.3 Å². The number of nitrogens with one attached hydrogen (secondary N) is 1. The van der Waals surface area contributed by atoms with Gasteiger partial charge in [0.25, 0.3) is 0 Å². The zero-order valence-electron chi connectivity index (χ0n) is 13.9. The minimum absolute atomic E-state index is 0.177. The van der Waals surface area contributed by atoms with Gasteiger partial charge in [0.15, 0.2) is 5.13 Å². The molecule has 1 N–H and O–H groups in total. The zero-order valence-corrected chi connectivity index (χ0v) is 14.7. The molecular formula is C19H17FN2O2S. The molecule has 1 amide bonds. The van der Waals surface area contributed by atoms with Crippen LogP contribution in [0, 0.1) is 12.7 Å². The van der Waals surface area contributed by atoms with Crippen LogP contribution in [0.25, 0.3) is 11.3 Å². The molecule has 128 valence electrons. The number of ether oxygens (including phenoxy) is 1. The summed E-state index contributed by atoms with van der Waals surface area (Å²) >= 11 is 1.37. The van der Waals surface area contributed by atoms with Crippen molar-refractivity contribution < 1.29 is 13.9 Å². The summed E-state index contributed by atoms with van der Waals surface area (Å²) in [5, 5.41) is 5.22. The lowest BCUT2D eigenvalue weighted by Crippen LogP contribution is -2.14. The predicted octanol–water partition coefficient (Wildman–Crippen LogP) is 4.45. The van der Waals surface area contributed by atoms with Crippen molar-refractivity contribution in [3.05, 3.63) is 64.8 Å². The third-order valence-corrected chi connectivity index (χ3v) is 4.48. The number of anilines is 1. The molecule has 0 aliphatic rings. The number of hydrogen-bond acceptors (Lipinski definition) is 4. The summed E-state index contributed by atoms with van der Waals surface area (Å²) in [4.78, 5) is 16.6. The second kappa shape index (κ2) is 7.44. The van der Waals surface area contributed by atoms with Crippen LogP contribution < -0.4 is 10.1 Å². The number of aromatic nitrogens is 1. The molecule has 3 aromatic rings. The molecule has 0 aliphatic heterocycles. The van der Waals surface area contributed by atoms with Gasteiger partial charge in [-0.3, -0.25) is 4.79 Å². The molecule has 25 heavy (non-hydrogen) atoms. The molecule has 0 atom stereocenters. The van der Waals surface area contributed by atoms with Gasteiger partial charge >= 0.3 is 0 Å². The highest BCUT2D eigenvalue weighted by Crippen LogP contribution is 2.28.